The molecule has 2 rings (SSSR count). The number of hydrogen-bond acceptors (Lipinski definition) is 3. The molecule has 0 amide bonds. The van der Waals surface area contributed by atoms with Gasteiger partial charge in [-0.05, 0) is 36.7 Å². The molecule has 0 aliphatic heterocycles. The number of aryl methyl sites for hydroxylation is 1. The smallest absolute Gasteiger partial charge is 0.128 e. The van der Waals surface area contributed by atoms with E-state index in [0.29, 0.717) is 11.6 Å². The largest absolute Gasteiger partial charge is 0.496 e. The molecule has 0 fully saturated rings. The van der Waals surface area contributed by atoms with Crippen molar-refractivity contribution in [2.24, 2.45) is 12.8 Å². The van der Waals surface area contributed by atoms with E-state index in [0.717, 1.165) is 29.0 Å². The van der Waals surface area contributed by atoms with Crippen molar-refractivity contribution in [2.45, 2.75) is 6.42 Å². The SMILES string of the molecule is COc1ccc(Cl)cc1-c1nn(C)cc1CCN. The van der Waals surface area contributed by atoms with E-state index in [2.05, 4.69) is 5.10 Å². The van der Waals surface area contributed by atoms with Crippen LogP contribution >= 0.6 is 11.6 Å². The molecule has 0 aliphatic rings. The van der Waals surface area contributed by atoms with Gasteiger partial charge < -0.3 is 10.5 Å². The first kappa shape index (κ1) is 12.9. The van der Waals surface area contributed by atoms with Crippen molar-refractivity contribution in [3.8, 4) is 17.0 Å². The maximum Gasteiger partial charge on any atom is 0.128 e. The van der Waals surface area contributed by atoms with Crippen LogP contribution in [-0.2, 0) is 13.5 Å². The van der Waals surface area contributed by atoms with Gasteiger partial charge in [0.2, 0.25) is 0 Å². The zero-order valence-electron chi connectivity index (χ0n) is 10.5. The molecule has 0 atom stereocenters. The van der Waals surface area contributed by atoms with Crippen LogP contribution in [0.5, 0.6) is 5.75 Å². The molecule has 5 heteroatoms. The van der Waals surface area contributed by atoms with E-state index < -0.39 is 0 Å². The summed E-state index contributed by atoms with van der Waals surface area (Å²) in [5, 5.41) is 5.13. The number of nitrogens with two attached hydrogens (primary N) is 1. The van der Waals surface area contributed by atoms with Crippen molar-refractivity contribution in [1.29, 1.82) is 0 Å². The van der Waals surface area contributed by atoms with Gasteiger partial charge in [-0.2, -0.15) is 5.10 Å². The number of aromatic nitrogens is 2. The second-order valence-electron chi connectivity index (χ2n) is 4.06. The highest BCUT2D eigenvalue weighted by Gasteiger charge is 2.14. The summed E-state index contributed by atoms with van der Waals surface area (Å²) in [5.74, 6) is 0.761. The fourth-order valence-corrected chi connectivity index (χ4v) is 2.14. The molecule has 1 heterocycles. The molecule has 18 heavy (non-hydrogen) atoms. The van der Waals surface area contributed by atoms with Gasteiger partial charge in [0.25, 0.3) is 0 Å². The fourth-order valence-electron chi connectivity index (χ4n) is 1.97. The summed E-state index contributed by atoms with van der Waals surface area (Å²) in [6.45, 7) is 0.585. The van der Waals surface area contributed by atoms with Gasteiger partial charge in [0.1, 0.15) is 5.75 Å². The Hall–Kier alpha value is -1.52. The van der Waals surface area contributed by atoms with Crippen LogP contribution in [0, 0.1) is 0 Å². The quantitative estimate of drug-likeness (QED) is 0.923. The number of benzene rings is 1. The lowest BCUT2D eigenvalue weighted by Crippen LogP contribution is -2.03. The predicted octanol–water partition coefficient (Wildman–Crippen LogP) is 2.25. The van der Waals surface area contributed by atoms with E-state index in [1.54, 1.807) is 17.9 Å². The van der Waals surface area contributed by atoms with Gasteiger partial charge >= 0.3 is 0 Å². The molecule has 2 N–H and O–H groups in total. The van der Waals surface area contributed by atoms with Crippen LogP contribution in [0.1, 0.15) is 5.56 Å². The van der Waals surface area contributed by atoms with E-state index >= 15 is 0 Å². The average molecular weight is 266 g/mol. The monoisotopic (exact) mass is 265 g/mol. The molecule has 0 saturated heterocycles. The minimum absolute atomic E-state index is 0.585. The minimum Gasteiger partial charge on any atom is -0.496 e. The lowest BCUT2D eigenvalue weighted by molar-refractivity contribution is 0.416. The Labute approximate surface area is 111 Å². The second-order valence-corrected chi connectivity index (χ2v) is 4.50. The van der Waals surface area contributed by atoms with Gasteiger partial charge in [-0.3, -0.25) is 4.68 Å². The number of hydrogen-bond donors (Lipinski definition) is 1. The van der Waals surface area contributed by atoms with Crippen LogP contribution in [0.25, 0.3) is 11.3 Å². The summed E-state index contributed by atoms with van der Waals surface area (Å²) >= 11 is 6.05. The molecule has 0 spiro atoms. The van der Waals surface area contributed by atoms with Crippen molar-refractivity contribution in [1.82, 2.24) is 9.78 Å². The highest BCUT2D eigenvalue weighted by atomic mass is 35.5. The summed E-state index contributed by atoms with van der Waals surface area (Å²) < 4.78 is 7.14. The zero-order valence-corrected chi connectivity index (χ0v) is 11.2. The summed E-state index contributed by atoms with van der Waals surface area (Å²) in [7, 11) is 3.53. The normalized spacial score (nSPS) is 10.7. The number of rotatable bonds is 4. The molecule has 0 saturated carbocycles. The van der Waals surface area contributed by atoms with Crippen molar-refractivity contribution in [3.63, 3.8) is 0 Å². The third-order valence-electron chi connectivity index (χ3n) is 2.73. The Morgan fingerprint density at radius 3 is 2.89 bits per heavy atom. The van der Waals surface area contributed by atoms with Crippen LogP contribution < -0.4 is 10.5 Å². The topological polar surface area (TPSA) is 53.1 Å². The zero-order chi connectivity index (χ0) is 13.1. The molecular formula is C13H16ClN3O. The number of nitrogens with zero attached hydrogens (tertiary/aromatic N) is 2. The van der Waals surface area contributed by atoms with Gasteiger partial charge in [-0.15, -0.1) is 0 Å². The van der Waals surface area contributed by atoms with Crippen LogP contribution in [0.4, 0.5) is 0 Å². The number of ether oxygens (including phenoxy) is 1. The van der Waals surface area contributed by atoms with Crippen molar-refractivity contribution < 1.29 is 4.74 Å². The van der Waals surface area contributed by atoms with E-state index in [9.17, 15) is 0 Å². The summed E-state index contributed by atoms with van der Waals surface area (Å²) in [6.07, 6.45) is 2.75. The summed E-state index contributed by atoms with van der Waals surface area (Å²) in [4.78, 5) is 0. The van der Waals surface area contributed by atoms with Crippen LogP contribution in [-0.4, -0.2) is 23.4 Å². The average Bonchev–Trinajstić information content (AvgIpc) is 2.71. The summed E-state index contributed by atoms with van der Waals surface area (Å²) in [5.41, 5.74) is 8.50. The van der Waals surface area contributed by atoms with Gasteiger partial charge in [-0.25, -0.2) is 0 Å². The van der Waals surface area contributed by atoms with Crippen LogP contribution in [0.2, 0.25) is 5.02 Å². The number of methoxy groups -OCH3 is 1. The molecule has 0 unspecified atom stereocenters. The Bertz CT molecular complexity index is 551. The lowest BCUT2D eigenvalue weighted by atomic mass is 10.1. The van der Waals surface area contributed by atoms with E-state index in [1.807, 2.05) is 25.4 Å². The van der Waals surface area contributed by atoms with Crippen molar-refractivity contribution in [2.75, 3.05) is 13.7 Å². The standard InChI is InChI=1S/C13H16ClN3O/c1-17-8-9(5-6-15)13(16-17)11-7-10(14)3-4-12(11)18-2/h3-4,7-8H,5-6,15H2,1-2H3. The molecule has 0 aliphatic carbocycles. The molecule has 1 aromatic heterocycles. The van der Waals surface area contributed by atoms with Gasteiger partial charge in [-0.1, -0.05) is 11.6 Å². The van der Waals surface area contributed by atoms with Crippen LogP contribution in [0.3, 0.4) is 0 Å². The Balaban J connectivity index is 2.56. The van der Waals surface area contributed by atoms with E-state index in [4.69, 9.17) is 22.1 Å². The molecule has 4 nitrogen and oxygen atoms in total. The van der Waals surface area contributed by atoms with E-state index in [1.165, 1.54) is 0 Å². The molecule has 0 radical (unpaired) electrons. The lowest BCUT2D eigenvalue weighted by Gasteiger charge is -2.08. The summed E-state index contributed by atoms with van der Waals surface area (Å²) in [6, 6.07) is 5.51. The van der Waals surface area contributed by atoms with Crippen LogP contribution in [0.15, 0.2) is 24.4 Å². The van der Waals surface area contributed by atoms with Gasteiger partial charge in [0.15, 0.2) is 0 Å². The first-order valence-electron chi connectivity index (χ1n) is 5.72. The Kier molecular flexibility index (Phi) is 3.89. The minimum atomic E-state index is 0.585. The predicted molar refractivity (Wildman–Crippen MR) is 73.0 cm³/mol. The second kappa shape index (κ2) is 5.42. The Morgan fingerprint density at radius 2 is 2.22 bits per heavy atom. The van der Waals surface area contributed by atoms with E-state index in [-0.39, 0.29) is 0 Å². The molecule has 0 bridgehead atoms. The molecule has 96 valence electrons. The third kappa shape index (κ3) is 2.49. The first-order chi connectivity index (χ1) is 8.65. The van der Waals surface area contributed by atoms with Crippen molar-refractivity contribution in [3.05, 3.63) is 35.0 Å². The first-order valence-corrected chi connectivity index (χ1v) is 6.10. The molecule has 1 aromatic carbocycles. The maximum absolute atomic E-state index is 6.05. The van der Waals surface area contributed by atoms with Gasteiger partial charge in [0, 0.05) is 23.8 Å². The number of halogens is 1. The maximum atomic E-state index is 6.05. The Morgan fingerprint density at radius 1 is 1.44 bits per heavy atom. The van der Waals surface area contributed by atoms with Gasteiger partial charge in [0.05, 0.1) is 12.8 Å². The van der Waals surface area contributed by atoms with Crippen molar-refractivity contribution >= 4 is 11.6 Å². The highest BCUT2D eigenvalue weighted by Crippen LogP contribution is 2.33. The fraction of sp³-hybridized carbons (Fsp3) is 0.308. The third-order valence-corrected chi connectivity index (χ3v) is 2.97. The molecule has 2 aromatic rings. The highest BCUT2D eigenvalue weighted by molar-refractivity contribution is 6.31. The molecular weight excluding hydrogens is 250 g/mol.